The molecule has 1 fully saturated rings. The Balaban J connectivity index is 1.63. The number of rotatable bonds is 8. The summed E-state index contributed by atoms with van der Waals surface area (Å²) in [7, 11) is 0. The van der Waals surface area contributed by atoms with Gasteiger partial charge in [-0.15, -0.1) is 10.2 Å². The summed E-state index contributed by atoms with van der Waals surface area (Å²) in [4.78, 5) is 11.5. The first-order valence-corrected chi connectivity index (χ1v) is 7.32. The summed E-state index contributed by atoms with van der Waals surface area (Å²) in [5, 5.41) is 12.4. The fourth-order valence-corrected chi connectivity index (χ4v) is 2.48. The summed E-state index contributed by atoms with van der Waals surface area (Å²) in [5.41, 5.74) is 0. The first-order chi connectivity index (χ1) is 8.79. The van der Waals surface area contributed by atoms with Crippen molar-refractivity contribution < 1.29 is 9.53 Å². The quantitative estimate of drug-likeness (QED) is 0.737. The standard InChI is InChI=1S/C12H19N3O2S/c1-2-3-4-7-17-8-10(16)13-12-15-14-11(18-12)9-5-6-9/h9H,2-8H2,1H3,(H,13,15,16). The maximum Gasteiger partial charge on any atom is 0.252 e. The molecule has 1 aliphatic carbocycles. The van der Waals surface area contributed by atoms with E-state index in [9.17, 15) is 4.79 Å². The Morgan fingerprint density at radius 3 is 3.00 bits per heavy atom. The second-order valence-corrected chi connectivity index (χ2v) is 5.54. The second kappa shape index (κ2) is 6.80. The number of hydrogen-bond acceptors (Lipinski definition) is 5. The molecular weight excluding hydrogens is 250 g/mol. The van der Waals surface area contributed by atoms with Crippen molar-refractivity contribution in [1.29, 1.82) is 0 Å². The molecule has 0 radical (unpaired) electrons. The van der Waals surface area contributed by atoms with Gasteiger partial charge in [0.15, 0.2) is 0 Å². The van der Waals surface area contributed by atoms with E-state index in [2.05, 4.69) is 22.4 Å². The maximum absolute atomic E-state index is 11.5. The van der Waals surface area contributed by atoms with Crippen LogP contribution in [0.4, 0.5) is 5.13 Å². The first kappa shape index (κ1) is 13.4. The van der Waals surface area contributed by atoms with Crippen molar-refractivity contribution in [2.75, 3.05) is 18.5 Å². The van der Waals surface area contributed by atoms with E-state index < -0.39 is 0 Å². The number of hydrogen-bond donors (Lipinski definition) is 1. The highest BCUT2D eigenvalue weighted by Gasteiger charge is 2.27. The van der Waals surface area contributed by atoms with E-state index in [1.165, 1.54) is 24.2 Å². The molecule has 1 saturated carbocycles. The molecule has 2 rings (SSSR count). The smallest absolute Gasteiger partial charge is 0.252 e. The van der Waals surface area contributed by atoms with Gasteiger partial charge in [-0.1, -0.05) is 31.1 Å². The molecule has 100 valence electrons. The third-order valence-electron chi connectivity index (χ3n) is 2.74. The Morgan fingerprint density at radius 1 is 1.44 bits per heavy atom. The van der Waals surface area contributed by atoms with Gasteiger partial charge in [0.25, 0.3) is 5.91 Å². The number of unbranched alkanes of at least 4 members (excludes halogenated alkanes) is 2. The minimum absolute atomic E-state index is 0.0993. The van der Waals surface area contributed by atoms with Crippen LogP contribution >= 0.6 is 11.3 Å². The average molecular weight is 269 g/mol. The van der Waals surface area contributed by atoms with E-state index in [1.54, 1.807) is 0 Å². The molecule has 6 heteroatoms. The average Bonchev–Trinajstić information content (AvgIpc) is 3.11. The molecule has 0 unspecified atom stereocenters. The number of anilines is 1. The number of carbonyl (C=O) groups is 1. The molecule has 1 aromatic rings. The van der Waals surface area contributed by atoms with Crippen LogP contribution in [0.25, 0.3) is 0 Å². The van der Waals surface area contributed by atoms with E-state index in [1.807, 2.05) is 0 Å². The van der Waals surface area contributed by atoms with E-state index in [4.69, 9.17) is 4.74 Å². The van der Waals surface area contributed by atoms with Crippen LogP contribution in [0.2, 0.25) is 0 Å². The van der Waals surface area contributed by atoms with Gasteiger partial charge in [-0.25, -0.2) is 0 Å². The van der Waals surface area contributed by atoms with Crippen LogP contribution in [-0.2, 0) is 9.53 Å². The zero-order chi connectivity index (χ0) is 12.8. The predicted octanol–water partition coefficient (Wildman–Crippen LogP) is 2.56. The first-order valence-electron chi connectivity index (χ1n) is 6.50. The van der Waals surface area contributed by atoms with Gasteiger partial charge >= 0.3 is 0 Å². The second-order valence-electron chi connectivity index (χ2n) is 4.53. The van der Waals surface area contributed by atoms with Crippen LogP contribution < -0.4 is 5.32 Å². The molecule has 5 nitrogen and oxygen atoms in total. The Labute approximate surface area is 111 Å². The highest BCUT2D eigenvalue weighted by molar-refractivity contribution is 7.15. The lowest BCUT2D eigenvalue weighted by molar-refractivity contribution is -0.120. The van der Waals surface area contributed by atoms with Crippen molar-refractivity contribution in [3.63, 3.8) is 0 Å². The Morgan fingerprint density at radius 2 is 2.28 bits per heavy atom. The largest absolute Gasteiger partial charge is 0.372 e. The monoisotopic (exact) mass is 269 g/mol. The highest BCUT2D eigenvalue weighted by Crippen LogP contribution is 2.41. The van der Waals surface area contributed by atoms with Crippen LogP contribution in [0.15, 0.2) is 0 Å². The normalized spacial score (nSPS) is 14.7. The molecule has 1 aromatic heterocycles. The zero-order valence-electron chi connectivity index (χ0n) is 10.6. The van der Waals surface area contributed by atoms with Crippen LogP contribution in [0.3, 0.4) is 0 Å². The van der Waals surface area contributed by atoms with Gasteiger partial charge in [-0.2, -0.15) is 0 Å². The minimum atomic E-state index is -0.148. The van der Waals surface area contributed by atoms with Crippen LogP contribution in [0, 0.1) is 0 Å². The third kappa shape index (κ3) is 4.34. The predicted molar refractivity (Wildman–Crippen MR) is 70.9 cm³/mol. The number of aromatic nitrogens is 2. The fraction of sp³-hybridized carbons (Fsp3) is 0.750. The van der Waals surface area contributed by atoms with Crippen LogP contribution in [0.5, 0.6) is 0 Å². The van der Waals surface area contributed by atoms with E-state index in [-0.39, 0.29) is 12.5 Å². The van der Waals surface area contributed by atoms with E-state index >= 15 is 0 Å². The number of nitrogens with one attached hydrogen (secondary N) is 1. The lowest BCUT2D eigenvalue weighted by atomic mass is 10.3. The van der Waals surface area contributed by atoms with Crippen molar-refractivity contribution in [3.05, 3.63) is 5.01 Å². The van der Waals surface area contributed by atoms with Gasteiger partial charge in [0.05, 0.1) is 0 Å². The number of carbonyl (C=O) groups excluding carboxylic acids is 1. The fourth-order valence-electron chi connectivity index (χ4n) is 1.55. The molecular formula is C12H19N3O2S. The Bertz CT molecular complexity index is 390. The minimum Gasteiger partial charge on any atom is -0.372 e. The molecule has 0 bridgehead atoms. The maximum atomic E-state index is 11.5. The molecule has 0 atom stereocenters. The molecule has 1 amide bonds. The third-order valence-corrected chi connectivity index (χ3v) is 3.74. The topological polar surface area (TPSA) is 64.1 Å². The van der Waals surface area contributed by atoms with Crippen LogP contribution in [0.1, 0.15) is 50.0 Å². The zero-order valence-corrected chi connectivity index (χ0v) is 11.5. The van der Waals surface area contributed by atoms with Gasteiger partial charge in [0, 0.05) is 12.5 Å². The molecule has 1 heterocycles. The summed E-state index contributed by atoms with van der Waals surface area (Å²) in [5.74, 6) is 0.434. The number of nitrogens with zero attached hydrogens (tertiary/aromatic N) is 2. The summed E-state index contributed by atoms with van der Waals surface area (Å²) in [6, 6.07) is 0. The summed E-state index contributed by atoms with van der Waals surface area (Å²) < 4.78 is 5.28. The molecule has 1 aliphatic rings. The molecule has 18 heavy (non-hydrogen) atoms. The summed E-state index contributed by atoms with van der Waals surface area (Å²) >= 11 is 1.47. The number of amides is 1. The summed E-state index contributed by atoms with van der Waals surface area (Å²) in [6.45, 7) is 2.88. The summed E-state index contributed by atoms with van der Waals surface area (Å²) in [6.07, 6.45) is 5.70. The van der Waals surface area contributed by atoms with Crippen molar-refractivity contribution in [2.24, 2.45) is 0 Å². The van der Waals surface area contributed by atoms with Gasteiger partial charge in [-0.3, -0.25) is 10.1 Å². The number of ether oxygens (including phenoxy) is 1. The van der Waals surface area contributed by atoms with Crippen molar-refractivity contribution in [3.8, 4) is 0 Å². The van der Waals surface area contributed by atoms with E-state index in [0.29, 0.717) is 17.7 Å². The van der Waals surface area contributed by atoms with Crippen molar-refractivity contribution in [1.82, 2.24) is 10.2 Å². The van der Waals surface area contributed by atoms with Crippen molar-refractivity contribution >= 4 is 22.4 Å². The molecule has 0 saturated heterocycles. The Hall–Kier alpha value is -1.01. The molecule has 0 aromatic carbocycles. The van der Waals surface area contributed by atoms with Gasteiger partial charge < -0.3 is 4.74 Å². The highest BCUT2D eigenvalue weighted by atomic mass is 32.1. The SMILES string of the molecule is CCCCCOCC(=O)Nc1nnc(C2CC2)s1. The van der Waals surface area contributed by atoms with E-state index in [0.717, 1.165) is 24.3 Å². The van der Waals surface area contributed by atoms with Gasteiger partial charge in [-0.05, 0) is 19.3 Å². The van der Waals surface area contributed by atoms with Crippen molar-refractivity contribution in [2.45, 2.75) is 44.9 Å². The van der Waals surface area contributed by atoms with Gasteiger partial charge in [0.1, 0.15) is 11.6 Å². The Kier molecular flexibility index (Phi) is 5.07. The van der Waals surface area contributed by atoms with Crippen LogP contribution in [-0.4, -0.2) is 29.3 Å². The van der Waals surface area contributed by atoms with Gasteiger partial charge in [0.2, 0.25) is 5.13 Å². The molecule has 0 spiro atoms. The lowest BCUT2D eigenvalue weighted by Gasteiger charge is -2.02. The molecule has 0 aliphatic heterocycles. The lowest BCUT2D eigenvalue weighted by Crippen LogP contribution is -2.18. The molecule has 1 N–H and O–H groups in total.